The molecule has 0 aliphatic carbocycles. The highest BCUT2D eigenvalue weighted by molar-refractivity contribution is 5.76. The number of hydrogen-bond donors (Lipinski definition) is 2. The standard InChI is InChI=1S/C16H19NO3/c1-16(19,14-8-5-11-20-14)12-17-15(18)10-9-13-6-3-2-4-7-13/h2-8,11,19H,9-10,12H2,1H3,(H,17,18). The van der Waals surface area contributed by atoms with Crippen LogP contribution in [0.5, 0.6) is 0 Å². The Morgan fingerprint density at radius 1 is 1.25 bits per heavy atom. The van der Waals surface area contributed by atoms with E-state index in [9.17, 15) is 9.90 Å². The number of furan rings is 1. The SMILES string of the molecule is CC(O)(CNC(=O)CCc1ccccc1)c1ccco1. The van der Waals surface area contributed by atoms with Crippen LogP contribution in [0.3, 0.4) is 0 Å². The van der Waals surface area contributed by atoms with Gasteiger partial charge in [0, 0.05) is 6.42 Å². The van der Waals surface area contributed by atoms with Gasteiger partial charge in [0.2, 0.25) is 5.91 Å². The average Bonchev–Trinajstić information content (AvgIpc) is 2.99. The van der Waals surface area contributed by atoms with E-state index in [1.807, 2.05) is 30.3 Å². The van der Waals surface area contributed by atoms with Crippen LogP contribution >= 0.6 is 0 Å². The van der Waals surface area contributed by atoms with Crippen molar-refractivity contribution in [2.24, 2.45) is 0 Å². The lowest BCUT2D eigenvalue weighted by molar-refractivity contribution is -0.122. The second kappa shape index (κ2) is 6.39. The van der Waals surface area contributed by atoms with E-state index in [-0.39, 0.29) is 12.5 Å². The molecule has 1 unspecified atom stereocenters. The zero-order chi connectivity index (χ0) is 14.4. The zero-order valence-corrected chi connectivity index (χ0v) is 11.5. The van der Waals surface area contributed by atoms with Gasteiger partial charge in [-0.2, -0.15) is 0 Å². The highest BCUT2D eigenvalue weighted by Crippen LogP contribution is 2.19. The first-order valence-corrected chi connectivity index (χ1v) is 6.65. The molecule has 2 rings (SSSR count). The van der Waals surface area contributed by atoms with Crippen molar-refractivity contribution >= 4 is 5.91 Å². The first kappa shape index (κ1) is 14.3. The number of nitrogens with one attached hydrogen (secondary N) is 1. The molecule has 0 spiro atoms. The van der Waals surface area contributed by atoms with Gasteiger partial charge in [0.1, 0.15) is 11.4 Å². The third-order valence-electron chi connectivity index (χ3n) is 3.17. The Labute approximate surface area is 118 Å². The Kier molecular flexibility index (Phi) is 4.58. The summed E-state index contributed by atoms with van der Waals surface area (Å²) < 4.78 is 5.16. The molecule has 20 heavy (non-hydrogen) atoms. The summed E-state index contributed by atoms with van der Waals surface area (Å²) in [6, 6.07) is 13.2. The maximum Gasteiger partial charge on any atom is 0.220 e. The fraction of sp³-hybridized carbons (Fsp3) is 0.312. The number of benzene rings is 1. The first-order valence-electron chi connectivity index (χ1n) is 6.65. The summed E-state index contributed by atoms with van der Waals surface area (Å²) in [5.74, 6) is 0.363. The van der Waals surface area contributed by atoms with E-state index in [1.54, 1.807) is 19.1 Å². The summed E-state index contributed by atoms with van der Waals surface area (Å²) in [7, 11) is 0. The molecule has 106 valence electrons. The van der Waals surface area contributed by atoms with Crippen LogP contribution in [0.4, 0.5) is 0 Å². The van der Waals surface area contributed by atoms with Gasteiger partial charge in [0.25, 0.3) is 0 Å². The molecule has 1 heterocycles. The van der Waals surface area contributed by atoms with Gasteiger partial charge in [-0.15, -0.1) is 0 Å². The summed E-state index contributed by atoms with van der Waals surface area (Å²) in [5, 5.41) is 12.9. The number of amides is 1. The summed E-state index contributed by atoms with van der Waals surface area (Å²) in [4.78, 5) is 11.8. The van der Waals surface area contributed by atoms with E-state index in [1.165, 1.54) is 6.26 Å². The molecular weight excluding hydrogens is 254 g/mol. The average molecular weight is 273 g/mol. The second-order valence-corrected chi connectivity index (χ2v) is 5.01. The summed E-state index contributed by atoms with van der Waals surface area (Å²) in [6.07, 6.45) is 2.59. The minimum Gasteiger partial charge on any atom is -0.466 e. The van der Waals surface area contributed by atoms with E-state index in [4.69, 9.17) is 4.42 Å². The van der Waals surface area contributed by atoms with Gasteiger partial charge >= 0.3 is 0 Å². The van der Waals surface area contributed by atoms with Gasteiger partial charge in [0.15, 0.2) is 0 Å². The highest BCUT2D eigenvalue weighted by Gasteiger charge is 2.26. The summed E-state index contributed by atoms with van der Waals surface area (Å²) >= 11 is 0. The van der Waals surface area contributed by atoms with E-state index < -0.39 is 5.60 Å². The minimum absolute atomic E-state index is 0.0827. The fourth-order valence-corrected chi connectivity index (χ4v) is 1.93. The van der Waals surface area contributed by atoms with Crippen molar-refractivity contribution in [1.29, 1.82) is 0 Å². The third kappa shape index (κ3) is 3.96. The van der Waals surface area contributed by atoms with Crippen molar-refractivity contribution in [3.63, 3.8) is 0 Å². The van der Waals surface area contributed by atoms with Crippen molar-refractivity contribution in [1.82, 2.24) is 5.32 Å². The van der Waals surface area contributed by atoms with Crippen LogP contribution in [0, 0.1) is 0 Å². The topological polar surface area (TPSA) is 62.5 Å². The van der Waals surface area contributed by atoms with Crippen molar-refractivity contribution in [2.45, 2.75) is 25.4 Å². The Balaban J connectivity index is 1.78. The van der Waals surface area contributed by atoms with Crippen molar-refractivity contribution in [2.75, 3.05) is 6.54 Å². The van der Waals surface area contributed by atoms with Crippen molar-refractivity contribution in [3.05, 3.63) is 60.1 Å². The monoisotopic (exact) mass is 273 g/mol. The summed E-state index contributed by atoms with van der Waals surface area (Å²) in [6.45, 7) is 1.75. The van der Waals surface area contributed by atoms with Gasteiger partial charge in [0.05, 0.1) is 12.8 Å². The lowest BCUT2D eigenvalue weighted by atomic mass is 10.0. The van der Waals surface area contributed by atoms with Crippen LogP contribution in [-0.4, -0.2) is 17.6 Å². The normalized spacial score (nSPS) is 13.7. The molecule has 0 fully saturated rings. The van der Waals surface area contributed by atoms with Gasteiger partial charge in [-0.25, -0.2) is 0 Å². The maximum atomic E-state index is 11.8. The van der Waals surface area contributed by atoms with Crippen LogP contribution < -0.4 is 5.32 Å². The highest BCUT2D eigenvalue weighted by atomic mass is 16.4. The lowest BCUT2D eigenvalue weighted by Crippen LogP contribution is -2.38. The van der Waals surface area contributed by atoms with Gasteiger partial charge in [-0.3, -0.25) is 4.79 Å². The van der Waals surface area contributed by atoms with Crippen LogP contribution in [0.25, 0.3) is 0 Å². The molecule has 1 aromatic heterocycles. The van der Waals surface area contributed by atoms with Crippen LogP contribution in [0.2, 0.25) is 0 Å². The molecule has 0 aliphatic heterocycles. The number of carbonyl (C=O) groups is 1. The Bertz CT molecular complexity index is 532. The lowest BCUT2D eigenvalue weighted by Gasteiger charge is -2.21. The van der Waals surface area contributed by atoms with E-state index in [0.717, 1.165) is 5.56 Å². The van der Waals surface area contributed by atoms with E-state index in [0.29, 0.717) is 18.6 Å². The first-order chi connectivity index (χ1) is 9.58. The third-order valence-corrected chi connectivity index (χ3v) is 3.17. The van der Waals surface area contributed by atoms with Gasteiger partial charge < -0.3 is 14.8 Å². The molecule has 0 radical (unpaired) electrons. The maximum absolute atomic E-state index is 11.8. The number of rotatable bonds is 6. The fourth-order valence-electron chi connectivity index (χ4n) is 1.93. The number of aliphatic hydroxyl groups is 1. The molecule has 4 nitrogen and oxygen atoms in total. The molecule has 0 saturated heterocycles. The molecule has 1 atom stereocenters. The Morgan fingerprint density at radius 3 is 2.65 bits per heavy atom. The second-order valence-electron chi connectivity index (χ2n) is 5.01. The quantitative estimate of drug-likeness (QED) is 0.848. The molecular formula is C16H19NO3. The number of carbonyl (C=O) groups excluding carboxylic acids is 1. The molecule has 2 aromatic rings. The largest absolute Gasteiger partial charge is 0.466 e. The summed E-state index contributed by atoms with van der Waals surface area (Å²) in [5.41, 5.74) is -0.0632. The molecule has 0 aliphatic rings. The van der Waals surface area contributed by atoms with Crippen LogP contribution in [0.1, 0.15) is 24.7 Å². The van der Waals surface area contributed by atoms with Crippen LogP contribution in [-0.2, 0) is 16.8 Å². The predicted molar refractivity (Wildman–Crippen MR) is 76.1 cm³/mol. The molecule has 0 bridgehead atoms. The van der Waals surface area contributed by atoms with Gasteiger partial charge in [-0.05, 0) is 31.0 Å². The van der Waals surface area contributed by atoms with Gasteiger partial charge in [-0.1, -0.05) is 30.3 Å². The molecule has 0 saturated carbocycles. The number of aryl methyl sites for hydroxylation is 1. The predicted octanol–water partition coefficient (Wildman–Crippen LogP) is 2.24. The zero-order valence-electron chi connectivity index (χ0n) is 11.5. The van der Waals surface area contributed by atoms with Crippen molar-refractivity contribution in [3.8, 4) is 0 Å². The molecule has 2 N–H and O–H groups in total. The van der Waals surface area contributed by atoms with E-state index >= 15 is 0 Å². The smallest absolute Gasteiger partial charge is 0.220 e. The Hall–Kier alpha value is -2.07. The Morgan fingerprint density at radius 2 is 2.00 bits per heavy atom. The molecule has 1 amide bonds. The minimum atomic E-state index is -1.19. The number of hydrogen-bond acceptors (Lipinski definition) is 3. The van der Waals surface area contributed by atoms with E-state index in [2.05, 4.69) is 5.32 Å². The van der Waals surface area contributed by atoms with Crippen LogP contribution in [0.15, 0.2) is 53.1 Å². The molecule has 4 heteroatoms. The molecule has 1 aromatic carbocycles. The van der Waals surface area contributed by atoms with Crippen molar-refractivity contribution < 1.29 is 14.3 Å².